The van der Waals surface area contributed by atoms with Gasteiger partial charge in [-0.25, -0.2) is 0 Å². The van der Waals surface area contributed by atoms with Crippen LogP contribution in [-0.4, -0.2) is 42.5 Å². The fourth-order valence-corrected chi connectivity index (χ4v) is 5.96. The Morgan fingerprint density at radius 1 is 1.18 bits per heavy atom. The van der Waals surface area contributed by atoms with Crippen LogP contribution in [0.1, 0.15) is 49.3 Å². The summed E-state index contributed by atoms with van der Waals surface area (Å²) in [5, 5.41) is 3.08. The van der Waals surface area contributed by atoms with Crippen LogP contribution in [-0.2, 0) is 21.2 Å². The molecule has 2 fully saturated rings. The number of esters is 1. The molecule has 0 aromatic heterocycles. The summed E-state index contributed by atoms with van der Waals surface area (Å²) < 4.78 is 44.4. The summed E-state index contributed by atoms with van der Waals surface area (Å²) in [5.74, 6) is 0.154. The topological polar surface area (TPSA) is 58.6 Å². The third-order valence-corrected chi connectivity index (χ3v) is 7.65. The number of rotatable bonds is 7. The van der Waals surface area contributed by atoms with Crippen LogP contribution in [0.5, 0.6) is 5.75 Å². The molecule has 3 atom stereocenters. The van der Waals surface area contributed by atoms with Gasteiger partial charge in [-0.3, -0.25) is 14.5 Å². The zero-order valence-corrected chi connectivity index (χ0v) is 21.5. The van der Waals surface area contributed by atoms with Gasteiger partial charge in [0.25, 0.3) is 0 Å². The molecule has 4 rings (SSSR count). The molecule has 1 saturated heterocycles. The van der Waals surface area contributed by atoms with E-state index in [0.29, 0.717) is 17.2 Å². The molecule has 2 aliphatic rings. The second-order valence-corrected chi connectivity index (χ2v) is 10.2. The maximum Gasteiger partial charge on any atom is 0.416 e. The average molecular weight is 527 g/mol. The fourth-order valence-electron chi connectivity index (χ4n) is 5.96. The lowest BCUT2D eigenvalue weighted by Gasteiger charge is -2.53. The van der Waals surface area contributed by atoms with Crippen LogP contribution in [0, 0.1) is 5.92 Å². The van der Waals surface area contributed by atoms with Gasteiger partial charge in [-0.15, -0.1) is 6.58 Å². The van der Waals surface area contributed by atoms with Crippen molar-refractivity contribution in [1.82, 2.24) is 10.2 Å². The first-order chi connectivity index (χ1) is 18.1. The summed E-state index contributed by atoms with van der Waals surface area (Å²) in [6, 6.07) is 12.5. The Labute approximate surface area is 221 Å². The van der Waals surface area contributed by atoms with E-state index in [2.05, 4.69) is 22.9 Å². The van der Waals surface area contributed by atoms with Crippen molar-refractivity contribution >= 4 is 18.0 Å². The number of nitrogens with zero attached hydrogens (tertiary/aromatic N) is 1. The number of carbonyl (C=O) groups is 2. The molecule has 8 heteroatoms. The number of fused-ring (bicyclic) bond motifs is 1. The van der Waals surface area contributed by atoms with Crippen molar-refractivity contribution in [2.24, 2.45) is 5.92 Å². The van der Waals surface area contributed by atoms with Crippen molar-refractivity contribution in [3.05, 3.63) is 84.0 Å². The first-order valence-electron chi connectivity index (χ1n) is 12.9. The molecule has 1 aliphatic heterocycles. The summed E-state index contributed by atoms with van der Waals surface area (Å²) in [6.45, 7) is 7.87. The Kier molecular flexibility index (Phi) is 8.41. The average Bonchev–Trinajstić information content (AvgIpc) is 2.87. The molecule has 202 valence electrons. The van der Waals surface area contributed by atoms with Gasteiger partial charge in [0.2, 0.25) is 5.91 Å². The molecule has 38 heavy (non-hydrogen) atoms. The SMILES string of the molecule is C=CCN1CCC2(c3cccc(OC(C)=O)c3)CC(NC(=O)/C=C/c3cccc(C(F)(F)F)c3)CCC2C1. The highest BCUT2D eigenvalue weighted by Gasteiger charge is 2.48. The molecular formula is C30H33F3N2O3. The number of ether oxygens (including phenoxy) is 1. The highest BCUT2D eigenvalue weighted by Crippen LogP contribution is 2.49. The third-order valence-electron chi connectivity index (χ3n) is 7.65. The molecular weight excluding hydrogens is 493 g/mol. The first kappa shape index (κ1) is 27.6. The Balaban J connectivity index is 1.52. The number of halogens is 3. The van der Waals surface area contributed by atoms with Crippen LogP contribution < -0.4 is 10.1 Å². The van der Waals surface area contributed by atoms with Crippen molar-refractivity contribution in [2.75, 3.05) is 19.6 Å². The monoisotopic (exact) mass is 526 g/mol. The van der Waals surface area contributed by atoms with E-state index in [-0.39, 0.29) is 23.3 Å². The van der Waals surface area contributed by atoms with Crippen LogP contribution in [0.25, 0.3) is 6.08 Å². The maximum absolute atomic E-state index is 13.0. The molecule has 1 saturated carbocycles. The number of hydrogen-bond acceptors (Lipinski definition) is 4. The van der Waals surface area contributed by atoms with Gasteiger partial charge < -0.3 is 10.1 Å². The molecule has 2 aromatic rings. The van der Waals surface area contributed by atoms with Gasteiger partial charge in [-0.2, -0.15) is 13.2 Å². The van der Waals surface area contributed by atoms with E-state index in [4.69, 9.17) is 4.74 Å². The Morgan fingerprint density at radius 3 is 2.71 bits per heavy atom. The quantitative estimate of drug-likeness (QED) is 0.216. The molecule has 0 spiro atoms. The van der Waals surface area contributed by atoms with Gasteiger partial charge in [0.1, 0.15) is 5.75 Å². The summed E-state index contributed by atoms with van der Waals surface area (Å²) in [6.07, 6.45) is 3.51. The summed E-state index contributed by atoms with van der Waals surface area (Å²) in [4.78, 5) is 26.7. The van der Waals surface area contributed by atoms with Gasteiger partial charge in [0, 0.05) is 37.5 Å². The minimum Gasteiger partial charge on any atom is -0.427 e. The zero-order chi connectivity index (χ0) is 27.3. The van der Waals surface area contributed by atoms with Crippen molar-refractivity contribution < 1.29 is 27.5 Å². The smallest absolute Gasteiger partial charge is 0.416 e. The number of benzene rings is 2. The molecule has 1 amide bonds. The highest BCUT2D eigenvalue weighted by atomic mass is 19.4. The van der Waals surface area contributed by atoms with Crippen LogP contribution in [0.15, 0.2) is 67.3 Å². The molecule has 3 unspecified atom stereocenters. The van der Waals surface area contributed by atoms with E-state index in [1.54, 1.807) is 6.07 Å². The van der Waals surface area contributed by atoms with E-state index in [9.17, 15) is 22.8 Å². The van der Waals surface area contributed by atoms with Crippen molar-refractivity contribution in [3.8, 4) is 5.75 Å². The Morgan fingerprint density at radius 2 is 1.97 bits per heavy atom. The predicted molar refractivity (Wildman–Crippen MR) is 140 cm³/mol. The fraction of sp³-hybridized carbons (Fsp3) is 0.400. The van der Waals surface area contributed by atoms with Gasteiger partial charge in [0.15, 0.2) is 0 Å². The molecule has 2 aromatic carbocycles. The summed E-state index contributed by atoms with van der Waals surface area (Å²) in [7, 11) is 0. The molecule has 0 bridgehead atoms. The zero-order valence-electron chi connectivity index (χ0n) is 21.5. The van der Waals surface area contributed by atoms with Gasteiger partial charge >= 0.3 is 12.1 Å². The van der Waals surface area contributed by atoms with Gasteiger partial charge in [-0.1, -0.05) is 30.3 Å². The molecule has 1 aliphatic carbocycles. The Hall–Kier alpha value is -3.39. The second kappa shape index (κ2) is 11.6. The summed E-state index contributed by atoms with van der Waals surface area (Å²) >= 11 is 0. The lowest BCUT2D eigenvalue weighted by atomic mass is 9.58. The molecule has 0 radical (unpaired) electrons. The number of alkyl halides is 3. The van der Waals surface area contributed by atoms with Gasteiger partial charge in [-0.05, 0) is 79.6 Å². The minimum absolute atomic E-state index is 0.0896. The van der Waals surface area contributed by atoms with E-state index in [1.807, 2.05) is 18.2 Å². The molecule has 5 nitrogen and oxygen atoms in total. The van der Waals surface area contributed by atoms with E-state index >= 15 is 0 Å². The van der Waals surface area contributed by atoms with E-state index in [1.165, 1.54) is 31.2 Å². The number of hydrogen-bond donors (Lipinski definition) is 1. The van der Waals surface area contributed by atoms with Crippen molar-refractivity contribution in [2.45, 2.75) is 50.2 Å². The standard InChI is InChI=1S/C30H33F3N2O3/c1-3-15-35-16-14-29(23-7-5-9-27(18-23)38-21(2)36)19-26(12-11-25(29)20-35)34-28(37)13-10-22-6-4-8-24(17-22)30(31,32)33/h3-10,13,17-18,25-26H,1,11-12,14-16,19-20H2,2H3,(H,34,37)/b13-10+. The van der Waals surface area contributed by atoms with Crippen LogP contribution >= 0.6 is 0 Å². The normalized spacial score (nSPS) is 24.0. The highest BCUT2D eigenvalue weighted by molar-refractivity contribution is 5.92. The molecule has 1 heterocycles. The van der Waals surface area contributed by atoms with Crippen LogP contribution in [0.2, 0.25) is 0 Å². The number of carbonyl (C=O) groups excluding carboxylic acids is 2. The van der Waals surface area contributed by atoms with Crippen molar-refractivity contribution in [3.63, 3.8) is 0 Å². The lowest BCUT2D eigenvalue weighted by Crippen LogP contribution is -2.56. The predicted octanol–water partition coefficient (Wildman–Crippen LogP) is 5.76. The number of amides is 1. The van der Waals surface area contributed by atoms with Crippen LogP contribution in [0.3, 0.4) is 0 Å². The number of likely N-dealkylation sites (tertiary alicyclic amines) is 1. The largest absolute Gasteiger partial charge is 0.427 e. The van der Waals surface area contributed by atoms with Crippen LogP contribution in [0.4, 0.5) is 13.2 Å². The van der Waals surface area contributed by atoms with E-state index < -0.39 is 11.7 Å². The minimum atomic E-state index is -4.44. The van der Waals surface area contributed by atoms with Gasteiger partial charge in [0.05, 0.1) is 5.56 Å². The molecule has 1 N–H and O–H groups in total. The summed E-state index contributed by atoms with van der Waals surface area (Å²) in [5.41, 5.74) is 0.457. The van der Waals surface area contributed by atoms with E-state index in [0.717, 1.165) is 63.0 Å². The lowest BCUT2D eigenvalue weighted by molar-refractivity contribution is -0.137. The maximum atomic E-state index is 13.0. The van der Waals surface area contributed by atoms with Crippen molar-refractivity contribution in [1.29, 1.82) is 0 Å². The Bertz CT molecular complexity index is 1210. The third kappa shape index (κ3) is 6.54. The number of piperidine rings is 1. The second-order valence-electron chi connectivity index (χ2n) is 10.2. The first-order valence-corrected chi connectivity index (χ1v) is 12.9. The number of nitrogens with one attached hydrogen (secondary N) is 1.